The number of halogens is 1. The van der Waals surface area contributed by atoms with Crippen molar-refractivity contribution in [3.05, 3.63) is 84.2 Å². The van der Waals surface area contributed by atoms with Crippen molar-refractivity contribution in [2.24, 2.45) is 0 Å². The van der Waals surface area contributed by atoms with Crippen LogP contribution < -0.4 is 5.32 Å². The van der Waals surface area contributed by atoms with Crippen molar-refractivity contribution in [1.29, 1.82) is 0 Å². The van der Waals surface area contributed by atoms with Gasteiger partial charge in [-0.05, 0) is 37.1 Å². The van der Waals surface area contributed by atoms with E-state index >= 15 is 0 Å². The molecule has 1 aromatic heterocycles. The van der Waals surface area contributed by atoms with Crippen LogP contribution in [0.5, 0.6) is 0 Å². The highest BCUT2D eigenvalue weighted by atomic mass is 19.1. The molecule has 1 aliphatic carbocycles. The van der Waals surface area contributed by atoms with Crippen LogP contribution in [0.2, 0.25) is 0 Å². The third-order valence-corrected chi connectivity index (χ3v) is 5.10. The Kier molecular flexibility index (Phi) is 5.88. The number of imidazole rings is 1. The molecule has 0 saturated heterocycles. The summed E-state index contributed by atoms with van der Waals surface area (Å²) in [6.07, 6.45) is 7.27. The van der Waals surface area contributed by atoms with Crippen molar-refractivity contribution in [1.82, 2.24) is 14.5 Å². The van der Waals surface area contributed by atoms with Crippen LogP contribution in [-0.4, -0.2) is 32.3 Å². The van der Waals surface area contributed by atoms with E-state index in [0.29, 0.717) is 29.8 Å². The molecule has 0 spiro atoms. The molecule has 7 heteroatoms. The summed E-state index contributed by atoms with van der Waals surface area (Å²) in [6, 6.07) is 13.5. The molecule has 0 aliphatic heterocycles. The van der Waals surface area contributed by atoms with Gasteiger partial charge in [0.1, 0.15) is 5.82 Å². The fraction of sp³-hybridized carbons (Fsp3) is 0.261. The number of aryl methyl sites for hydroxylation is 1. The highest BCUT2D eigenvalue weighted by Crippen LogP contribution is 2.30. The van der Waals surface area contributed by atoms with E-state index in [-0.39, 0.29) is 30.2 Å². The molecule has 0 radical (unpaired) electrons. The molecular weight excluding hydrogens is 383 g/mol. The van der Waals surface area contributed by atoms with Crippen LogP contribution in [0, 0.1) is 5.82 Å². The molecule has 4 rings (SSSR count). The third kappa shape index (κ3) is 4.92. The topological polar surface area (TPSA) is 67.2 Å². The van der Waals surface area contributed by atoms with E-state index in [4.69, 9.17) is 0 Å². The predicted octanol–water partition coefficient (Wildman–Crippen LogP) is 3.86. The Hall–Kier alpha value is -3.48. The van der Waals surface area contributed by atoms with Gasteiger partial charge in [-0.1, -0.05) is 24.3 Å². The Morgan fingerprint density at radius 3 is 2.73 bits per heavy atom. The molecule has 6 nitrogen and oxygen atoms in total. The van der Waals surface area contributed by atoms with Gasteiger partial charge in [-0.2, -0.15) is 0 Å². The molecule has 1 aliphatic rings. The van der Waals surface area contributed by atoms with Crippen molar-refractivity contribution >= 4 is 17.5 Å². The summed E-state index contributed by atoms with van der Waals surface area (Å²) in [7, 11) is 0. The molecule has 0 atom stereocenters. The normalized spacial score (nSPS) is 13.1. The van der Waals surface area contributed by atoms with Gasteiger partial charge >= 0.3 is 0 Å². The average Bonchev–Trinajstić information content (AvgIpc) is 3.45. The molecule has 1 N–H and O–H groups in total. The summed E-state index contributed by atoms with van der Waals surface area (Å²) in [4.78, 5) is 31.1. The van der Waals surface area contributed by atoms with Gasteiger partial charge in [0.15, 0.2) is 0 Å². The molecule has 0 unspecified atom stereocenters. The van der Waals surface area contributed by atoms with E-state index in [9.17, 15) is 14.0 Å². The number of nitrogens with zero attached hydrogens (tertiary/aromatic N) is 3. The average molecular weight is 406 g/mol. The molecule has 1 heterocycles. The second-order valence-corrected chi connectivity index (χ2v) is 7.44. The summed E-state index contributed by atoms with van der Waals surface area (Å²) in [5.74, 6) is -0.608. The summed E-state index contributed by atoms with van der Waals surface area (Å²) in [6.45, 7) is 0.764. The maximum absolute atomic E-state index is 14.1. The molecule has 2 amide bonds. The SMILES string of the molecule is O=C(CCn1ccnc1)Nc1cccc(C(=O)N(Cc2ccccc2F)C2CC2)c1. The fourth-order valence-electron chi connectivity index (χ4n) is 3.33. The fourth-order valence-corrected chi connectivity index (χ4v) is 3.33. The second-order valence-electron chi connectivity index (χ2n) is 7.44. The van der Waals surface area contributed by atoms with Gasteiger partial charge in [0.2, 0.25) is 5.91 Å². The van der Waals surface area contributed by atoms with Crippen LogP contribution in [-0.2, 0) is 17.9 Å². The minimum Gasteiger partial charge on any atom is -0.337 e. The molecule has 30 heavy (non-hydrogen) atoms. The number of amides is 2. The molecular formula is C23H23FN4O2. The Labute approximate surface area is 174 Å². The molecule has 1 fully saturated rings. The number of rotatable bonds is 8. The van der Waals surface area contributed by atoms with Crippen LogP contribution in [0.15, 0.2) is 67.3 Å². The Morgan fingerprint density at radius 2 is 2.00 bits per heavy atom. The highest BCUT2D eigenvalue weighted by molar-refractivity contribution is 5.97. The molecule has 0 bridgehead atoms. The first-order valence-corrected chi connectivity index (χ1v) is 10.00. The van der Waals surface area contributed by atoms with Gasteiger partial charge < -0.3 is 14.8 Å². The number of hydrogen-bond acceptors (Lipinski definition) is 3. The highest BCUT2D eigenvalue weighted by Gasteiger charge is 2.33. The maximum atomic E-state index is 14.1. The molecule has 1 saturated carbocycles. The van der Waals surface area contributed by atoms with E-state index in [1.165, 1.54) is 6.07 Å². The van der Waals surface area contributed by atoms with Crippen molar-refractivity contribution in [3.63, 3.8) is 0 Å². The van der Waals surface area contributed by atoms with Crippen molar-refractivity contribution in [3.8, 4) is 0 Å². The lowest BCUT2D eigenvalue weighted by Crippen LogP contribution is -2.33. The second kappa shape index (κ2) is 8.90. The van der Waals surface area contributed by atoms with Gasteiger partial charge in [-0.3, -0.25) is 9.59 Å². The third-order valence-electron chi connectivity index (χ3n) is 5.10. The first-order chi connectivity index (χ1) is 14.6. The zero-order valence-corrected chi connectivity index (χ0v) is 16.5. The number of carbonyl (C=O) groups excluding carboxylic acids is 2. The smallest absolute Gasteiger partial charge is 0.254 e. The van der Waals surface area contributed by atoms with E-state index in [2.05, 4.69) is 10.3 Å². The van der Waals surface area contributed by atoms with Gasteiger partial charge in [0, 0.05) is 54.8 Å². The minimum atomic E-state index is -0.310. The number of carbonyl (C=O) groups is 2. The zero-order valence-electron chi connectivity index (χ0n) is 16.5. The molecule has 154 valence electrons. The van der Waals surface area contributed by atoms with E-state index < -0.39 is 0 Å². The first kappa shape index (κ1) is 19.8. The van der Waals surface area contributed by atoms with Crippen LogP contribution in [0.1, 0.15) is 35.2 Å². The zero-order chi connectivity index (χ0) is 20.9. The molecule has 3 aromatic rings. The Morgan fingerprint density at radius 1 is 1.17 bits per heavy atom. The van der Waals surface area contributed by atoms with Gasteiger partial charge in [-0.25, -0.2) is 9.37 Å². The van der Waals surface area contributed by atoms with Gasteiger partial charge in [0.25, 0.3) is 5.91 Å². The van der Waals surface area contributed by atoms with Crippen molar-refractivity contribution < 1.29 is 14.0 Å². The van der Waals surface area contributed by atoms with E-state index in [1.54, 1.807) is 66.1 Å². The standard InChI is InChI=1S/C23H23FN4O2/c24-21-7-2-1-4-18(21)15-28(20-8-9-20)23(30)17-5-3-6-19(14-17)26-22(29)10-12-27-13-11-25-16-27/h1-7,11,13-14,16,20H,8-10,12,15H2,(H,26,29). The predicted molar refractivity (Wildman–Crippen MR) is 111 cm³/mol. The summed E-state index contributed by atoms with van der Waals surface area (Å²) in [5.41, 5.74) is 1.55. The molecule has 2 aromatic carbocycles. The van der Waals surface area contributed by atoms with Crippen LogP contribution in [0.4, 0.5) is 10.1 Å². The van der Waals surface area contributed by atoms with Gasteiger partial charge in [0.05, 0.1) is 6.33 Å². The summed E-state index contributed by atoms with van der Waals surface area (Å²) < 4.78 is 15.9. The van der Waals surface area contributed by atoms with Crippen LogP contribution in [0.25, 0.3) is 0 Å². The largest absolute Gasteiger partial charge is 0.337 e. The Balaban J connectivity index is 1.43. The van der Waals surface area contributed by atoms with Crippen LogP contribution >= 0.6 is 0 Å². The van der Waals surface area contributed by atoms with Gasteiger partial charge in [-0.15, -0.1) is 0 Å². The Bertz CT molecular complexity index is 1030. The summed E-state index contributed by atoms with van der Waals surface area (Å²) in [5, 5.41) is 2.84. The minimum absolute atomic E-state index is 0.130. The lowest BCUT2D eigenvalue weighted by molar-refractivity contribution is -0.116. The van der Waals surface area contributed by atoms with Crippen LogP contribution in [0.3, 0.4) is 0 Å². The number of benzene rings is 2. The monoisotopic (exact) mass is 406 g/mol. The number of hydrogen-bond donors (Lipinski definition) is 1. The number of aromatic nitrogens is 2. The van der Waals surface area contributed by atoms with Crippen molar-refractivity contribution in [2.75, 3.05) is 5.32 Å². The van der Waals surface area contributed by atoms with E-state index in [0.717, 1.165) is 12.8 Å². The van der Waals surface area contributed by atoms with Crippen molar-refractivity contribution in [2.45, 2.75) is 38.4 Å². The number of anilines is 1. The summed E-state index contributed by atoms with van der Waals surface area (Å²) >= 11 is 0. The lowest BCUT2D eigenvalue weighted by Gasteiger charge is -2.23. The quantitative estimate of drug-likeness (QED) is 0.618. The number of nitrogens with one attached hydrogen (secondary N) is 1. The maximum Gasteiger partial charge on any atom is 0.254 e. The van der Waals surface area contributed by atoms with E-state index in [1.807, 2.05) is 4.57 Å². The lowest BCUT2D eigenvalue weighted by atomic mass is 10.1. The first-order valence-electron chi connectivity index (χ1n) is 10.00.